The van der Waals surface area contributed by atoms with Crippen LogP contribution in [0.15, 0.2) is 0 Å². The monoisotopic (exact) mass is 253 g/mol. The maximum absolute atomic E-state index is 12.1. The van der Waals surface area contributed by atoms with E-state index in [-0.39, 0.29) is 17.9 Å². The Morgan fingerprint density at radius 3 is 2.44 bits per heavy atom. The summed E-state index contributed by atoms with van der Waals surface area (Å²) in [6, 6.07) is 0. The molecule has 0 bridgehead atoms. The number of nitrogens with one attached hydrogen (secondary N) is 1. The minimum absolute atomic E-state index is 0.0957. The summed E-state index contributed by atoms with van der Waals surface area (Å²) in [5.74, 6) is 1.99. The van der Waals surface area contributed by atoms with E-state index in [2.05, 4.69) is 19.2 Å². The average Bonchev–Trinajstić information content (AvgIpc) is 3.08. The fourth-order valence-corrected chi connectivity index (χ4v) is 3.47. The largest absolute Gasteiger partial charge is 0.396 e. The minimum Gasteiger partial charge on any atom is -0.396 e. The zero-order valence-electron chi connectivity index (χ0n) is 11.7. The molecular formula is C15H27NO2. The van der Waals surface area contributed by atoms with Crippen molar-refractivity contribution in [1.82, 2.24) is 5.32 Å². The second-order valence-electron chi connectivity index (χ2n) is 6.85. The zero-order valence-corrected chi connectivity index (χ0v) is 11.7. The highest BCUT2D eigenvalue weighted by atomic mass is 16.2. The maximum atomic E-state index is 12.1. The minimum atomic E-state index is 0.0957. The van der Waals surface area contributed by atoms with Crippen LogP contribution in [0.4, 0.5) is 0 Å². The van der Waals surface area contributed by atoms with Crippen LogP contribution in [-0.4, -0.2) is 24.2 Å². The van der Waals surface area contributed by atoms with E-state index in [9.17, 15) is 4.79 Å². The molecule has 0 aromatic rings. The Kier molecular flexibility index (Phi) is 4.31. The summed E-state index contributed by atoms with van der Waals surface area (Å²) in [6.07, 6.45) is 6.92. The van der Waals surface area contributed by atoms with Crippen molar-refractivity contribution in [3.05, 3.63) is 0 Å². The van der Waals surface area contributed by atoms with Gasteiger partial charge in [-0.1, -0.05) is 26.7 Å². The van der Waals surface area contributed by atoms with Crippen molar-refractivity contribution in [2.24, 2.45) is 23.2 Å². The van der Waals surface area contributed by atoms with Gasteiger partial charge < -0.3 is 10.4 Å². The van der Waals surface area contributed by atoms with Crippen LogP contribution in [0.2, 0.25) is 0 Å². The normalized spacial score (nSPS) is 30.7. The number of carbonyl (C=O) groups is 1. The van der Waals surface area contributed by atoms with Crippen molar-refractivity contribution in [3.63, 3.8) is 0 Å². The lowest BCUT2D eigenvalue weighted by Gasteiger charge is -2.24. The quantitative estimate of drug-likeness (QED) is 0.763. The van der Waals surface area contributed by atoms with Crippen molar-refractivity contribution in [2.45, 2.75) is 52.4 Å². The fourth-order valence-electron chi connectivity index (χ4n) is 3.47. The van der Waals surface area contributed by atoms with E-state index in [0.29, 0.717) is 17.8 Å². The molecular weight excluding hydrogens is 226 g/mol. The molecule has 0 aromatic carbocycles. The number of amides is 1. The molecule has 0 aromatic heterocycles. The van der Waals surface area contributed by atoms with E-state index in [1.54, 1.807) is 0 Å². The molecule has 2 atom stereocenters. The van der Waals surface area contributed by atoms with Crippen LogP contribution in [0.1, 0.15) is 52.4 Å². The topological polar surface area (TPSA) is 49.3 Å². The molecule has 0 saturated heterocycles. The van der Waals surface area contributed by atoms with E-state index in [0.717, 1.165) is 19.4 Å². The van der Waals surface area contributed by atoms with Crippen molar-refractivity contribution in [3.8, 4) is 0 Å². The van der Waals surface area contributed by atoms with E-state index in [1.807, 2.05) is 0 Å². The second-order valence-corrected chi connectivity index (χ2v) is 6.85. The van der Waals surface area contributed by atoms with Gasteiger partial charge in [0.1, 0.15) is 0 Å². The summed E-state index contributed by atoms with van der Waals surface area (Å²) in [7, 11) is 0. The lowest BCUT2D eigenvalue weighted by atomic mass is 9.88. The SMILES string of the molecule is CC(C)(CCCO)CNC(=O)C1C2CCCCC21. The van der Waals surface area contributed by atoms with Crippen molar-refractivity contribution < 1.29 is 9.90 Å². The van der Waals surface area contributed by atoms with E-state index < -0.39 is 0 Å². The Labute approximate surface area is 110 Å². The fraction of sp³-hybridized carbons (Fsp3) is 0.933. The van der Waals surface area contributed by atoms with Gasteiger partial charge in [0.05, 0.1) is 0 Å². The molecule has 0 spiro atoms. The Bertz CT molecular complexity index is 289. The van der Waals surface area contributed by atoms with Gasteiger partial charge in [0.25, 0.3) is 0 Å². The molecule has 18 heavy (non-hydrogen) atoms. The second kappa shape index (κ2) is 5.60. The zero-order chi connectivity index (χ0) is 13.2. The Hall–Kier alpha value is -0.570. The summed E-state index contributed by atoms with van der Waals surface area (Å²) in [6.45, 7) is 5.29. The molecule has 2 aliphatic rings. The molecule has 1 amide bonds. The summed E-state index contributed by atoms with van der Waals surface area (Å²) in [5, 5.41) is 12.0. The molecule has 2 rings (SSSR count). The molecule has 2 fully saturated rings. The lowest BCUT2D eigenvalue weighted by molar-refractivity contribution is -0.123. The van der Waals surface area contributed by atoms with Crippen molar-refractivity contribution >= 4 is 5.91 Å². The highest BCUT2D eigenvalue weighted by Gasteiger charge is 2.54. The summed E-state index contributed by atoms with van der Waals surface area (Å²) >= 11 is 0. The summed E-state index contributed by atoms with van der Waals surface area (Å²) in [5.41, 5.74) is 0.0957. The lowest BCUT2D eigenvalue weighted by Crippen LogP contribution is -2.35. The van der Waals surface area contributed by atoms with Gasteiger partial charge in [-0.2, -0.15) is 0 Å². The molecule has 2 aliphatic carbocycles. The van der Waals surface area contributed by atoms with E-state index >= 15 is 0 Å². The van der Waals surface area contributed by atoms with Crippen LogP contribution in [-0.2, 0) is 4.79 Å². The molecule has 0 heterocycles. The van der Waals surface area contributed by atoms with Crippen LogP contribution >= 0.6 is 0 Å². The first-order valence-electron chi connectivity index (χ1n) is 7.44. The van der Waals surface area contributed by atoms with Crippen molar-refractivity contribution in [2.75, 3.05) is 13.2 Å². The predicted octanol–water partition coefficient (Wildman–Crippen LogP) is 2.34. The molecule has 2 N–H and O–H groups in total. The van der Waals surface area contributed by atoms with Gasteiger partial charge in [0.2, 0.25) is 5.91 Å². The van der Waals surface area contributed by atoms with Crippen molar-refractivity contribution in [1.29, 1.82) is 0 Å². The van der Waals surface area contributed by atoms with Gasteiger partial charge in [-0.3, -0.25) is 4.79 Å². The van der Waals surface area contributed by atoms with E-state index in [1.165, 1.54) is 25.7 Å². The van der Waals surface area contributed by atoms with Crippen LogP contribution in [0.25, 0.3) is 0 Å². The van der Waals surface area contributed by atoms with Gasteiger partial charge in [0, 0.05) is 19.1 Å². The third-order valence-electron chi connectivity index (χ3n) is 4.71. The van der Waals surface area contributed by atoms with Gasteiger partial charge >= 0.3 is 0 Å². The standard InChI is InChI=1S/C15H27NO2/c1-15(2,8-5-9-17)10-16-14(18)13-11-6-3-4-7-12(11)13/h11-13,17H,3-10H2,1-2H3,(H,16,18). The number of aliphatic hydroxyl groups is 1. The van der Waals surface area contributed by atoms with Gasteiger partial charge in [-0.05, 0) is 42.9 Å². The van der Waals surface area contributed by atoms with Crippen LogP contribution in [0.3, 0.4) is 0 Å². The molecule has 2 saturated carbocycles. The number of fused-ring (bicyclic) bond motifs is 1. The third-order valence-corrected chi connectivity index (χ3v) is 4.71. The number of aliphatic hydroxyl groups excluding tert-OH is 1. The van der Waals surface area contributed by atoms with Crippen LogP contribution in [0, 0.1) is 23.2 Å². The first-order chi connectivity index (χ1) is 8.55. The first kappa shape index (κ1) is 13.9. The Morgan fingerprint density at radius 1 is 1.28 bits per heavy atom. The molecule has 104 valence electrons. The van der Waals surface area contributed by atoms with Gasteiger partial charge in [0.15, 0.2) is 0 Å². The molecule has 0 radical (unpaired) electrons. The summed E-state index contributed by atoms with van der Waals surface area (Å²) in [4.78, 5) is 12.1. The molecule has 3 nitrogen and oxygen atoms in total. The molecule has 2 unspecified atom stereocenters. The maximum Gasteiger partial charge on any atom is 0.223 e. The number of carbonyl (C=O) groups excluding carboxylic acids is 1. The number of rotatable bonds is 6. The highest BCUT2D eigenvalue weighted by molar-refractivity contribution is 5.82. The van der Waals surface area contributed by atoms with E-state index in [4.69, 9.17) is 5.11 Å². The van der Waals surface area contributed by atoms with Gasteiger partial charge in [-0.25, -0.2) is 0 Å². The number of hydrogen-bond acceptors (Lipinski definition) is 2. The first-order valence-corrected chi connectivity index (χ1v) is 7.44. The van der Waals surface area contributed by atoms with Gasteiger partial charge in [-0.15, -0.1) is 0 Å². The van der Waals surface area contributed by atoms with Crippen LogP contribution < -0.4 is 5.32 Å². The smallest absolute Gasteiger partial charge is 0.223 e. The molecule has 3 heteroatoms. The molecule has 0 aliphatic heterocycles. The average molecular weight is 253 g/mol. The predicted molar refractivity (Wildman–Crippen MR) is 72.0 cm³/mol. The third kappa shape index (κ3) is 3.25. The Morgan fingerprint density at radius 2 is 1.89 bits per heavy atom. The number of hydrogen-bond donors (Lipinski definition) is 2. The summed E-state index contributed by atoms with van der Waals surface area (Å²) < 4.78 is 0. The van der Waals surface area contributed by atoms with Crippen LogP contribution in [0.5, 0.6) is 0 Å². The highest BCUT2D eigenvalue weighted by Crippen LogP contribution is 2.55. The Balaban J connectivity index is 1.72.